The average molecular weight is 382 g/mol. The zero-order valence-electron chi connectivity index (χ0n) is 14.7. The molecule has 1 aromatic carbocycles. The Balaban J connectivity index is 2.13. The van der Waals surface area contributed by atoms with Gasteiger partial charge < -0.3 is 15.0 Å². The van der Waals surface area contributed by atoms with E-state index in [1.807, 2.05) is 0 Å². The molecule has 142 valence electrons. The first-order valence-corrected chi connectivity index (χ1v) is 9.98. The van der Waals surface area contributed by atoms with Crippen molar-refractivity contribution in [1.82, 2.24) is 4.90 Å². The lowest BCUT2D eigenvalue weighted by atomic mass is 10.1. The van der Waals surface area contributed by atoms with E-state index in [9.17, 15) is 22.8 Å². The van der Waals surface area contributed by atoms with E-state index in [4.69, 9.17) is 4.74 Å². The van der Waals surface area contributed by atoms with E-state index in [0.29, 0.717) is 17.7 Å². The van der Waals surface area contributed by atoms with Crippen LogP contribution in [-0.2, 0) is 24.2 Å². The molecule has 1 atom stereocenters. The van der Waals surface area contributed by atoms with E-state index in [-0.39, 0.29) is 30.4 Å². The molecule has 1 aromatic rings. The standard InChI is InChI=1S/C17H22N2O6S/c1-12(20)13-4-3-5-14(10-13)18-16(21)17(22)19(7-8-25-2)15-6-9-26(23,24)11-15/h3-5,10,15H,6-9,11H2,1-2H3,(H,18,21). The maximum absolute atomic E-state index is 12.6. The summed E-state index contributed by atoms with van der Waals surface area (Å²) in [6, 6.07) is 5.71. The smallest absolute Gasteiger partial charge is 0.313 e. The number of sulfone groups is 1. The van der Waals surface area contributed by atoms with Crippen molar-refractivity contribution in [3.63, 3.8) is 0 Å². The van der Waals surface area contributed by atoms with Crippen molar-refractivity contribution in [2.45, 2.75) is 19.4 Å². The van der Waals surface area contributed by atoms with Gasteiger partial charge in [0.05, 0.1) is 18.1 Å². The third-order valence-corrected chi connectivity index (χ3v) is 5.92. The first-order valence-electron chi connectivity index (χ1n) is 8.16. The molecule has 1 saturated heterocycles. The van der Waals surface area contributed by atoms with Gasteiger partial charge in [-0.1, -0.05) is 12.1 Å². The van der Waals surface area contributed by atoms with E-state index in [2.05, 4.69) is 5.32 Å². The molecule has 1 fully saturated rings. The Morgan fingerprint density at radius 2 is 2.04 bits per heavy atom. The number of carbonyl (C=O) groups is 3. The van der Waals surface area contributed by atoms with Crippen molar-refractivity contribution < 1.29 is 27.5 Å². The van der Waals surface area contributed by atoms with Gasteiger partial charge in [-0.05, 0) is 25.5 Å². The zero-order valence-corrected chi connectivity index (χ0v) is 15.5. The van der Waals surface area contributed by atoms with E-state index in [1.54, 1.807) is 18.2 Å². The zero-order chi connectivity index (χ0) is 19.3. The van der Waals surface area contributed by atoms with Gasteiger partial charge in [0.2, 0.25) is 0 Å². The molecule has 0 radical (unpaired) electrons. The molecule has 0 bridgehead atoms. The van der Waals surface area contributed by atoms with Gasteiger partial charge in [0.15, 0.2) is 15.6 Å². The second-order valence-corrected chi connectivity index (χ2v) is 8.37. The summed E-state index contributed by atoms with van der Waals surface area (Å²) in [5.41, 5.74) is 0.732. The largest absolute Gasteiger partial charge is 0.383 e. The average Bonchev–Trinajstić information content (AvgIpc) is 2.95. The monoisotopic (exact) mass is 382 g/mol. The molecule has 0 aromatic heterocycles. The number of carbonyl (C=O) groups excluding carboxylic acids is 3. The fraction of sp³-hybridized carbons (Fsp3) is 0.471. The van der Waals surface area contributed by atoms with E-state index >= 15 is 0 Å². The molecule has 1 aliphatic rings. The minimum atomic E-state index is -3.20. The van der Waals surface area contributed by atoms with Crippen LogP contribution in [0.1, 0.15) is 23.7 Å². The Bertz CT molecular complexity index is 805. The summed E-state index contributed by atoms with van der Waals surface area (Å²) in [6.45, 7) is 1.71. The number of methoxy groups -OCH3 is 1. The van der Waals surface area contributed by atoms with Crippen molar-refractivity contribution in [2.24, 2.45) is 0 Å². The highest BCUT2D eigenvalue weighted by atomic mass is 32.2. The predicted octanol–water partition coefficient (Wildman–Crippen LogP) is 0.490. The summed E-state index contributed by atoms with van der Waals surface area (Å²) in [7, 11) is -1.74. The van der Waals surface area contributed by atoms with Crippen LogP contribution in [0.4, 0.5) is 5.69 Å². The van der Waals surface area contributed by atoms with Crippen LogP contribution in [0.25, 0.3) is 0 Å². The highest BCUT2D eigenvalue weighted by Gasteiger charge is 2.36. The van der Waals surface area contributed by atoms with Gasteiger partial charge in [-0.3, -0.25) is 14.4 Å². The number of nitrogens with one attached hydrogen (secondary N) is 1. The molecule has 8 nitrogen and oxygen atoms in total. The molecule has 0 spiro atoms. The summed E-state index contributed by atoms with van der Waals surface area (Å²) in [6.07, 6.45) is 0.297. The number of anilines is 1. The number of nitrogens with zero attached hydrogens (tertiary/aromatic N) is 1. The summed E-state index contributed by atoms with van der Waals surface area (Å²) in [5.74, 6) is -2.03. The number of rotatable bonds is 6. The Labute approximate surface area is 152 Å². The van der Waals surface area contributed by atoms with Crippen LogP contribution in [0.2, 0.25) is 0 Å². The molecular weight excluding hydrogens is 360 g/mol. The number of amides is 2. The third-order valence-electron chi connectivity index (χ3n) is 4.17. The van der Waals surface area contributed by atoms with E-state index in [1.165, 1.54) is 25.0 Å². The quantitative estimate of drug-likeness (QED) is 0.566. The molecule has 1 unspecified atom stereocenters. The lowest BCUT2D eigenvalue weighted by Gasteiger charge is -2.27. The topological polar surface area (TPSA) is 110 Å². The first kappa shape index (κ1) is 20.1. The summed E-state index contributed by atoms with van der Waals surface area (Å²) < 4.78 is 28.4. The van der Waals surface area contributed by atoms with Crippen LogP contribution in [0.5, 0.6) is 0 Å². The predicted molar refractivity (Wildman–Crippen MR) is 95.7 cm³/mol. The number of benzene rings is 1. The molecule has 1 heterocycles. The van der Waals surface area contributed by atoms with Gasteiger partial charge in [0, 0.05) is 30.9 Å². The Morgan fingerprint density at radius 3 is 2.62 bits per heavy atom. The number of hydrogen-bond acceptors (Lipinski definition) is 6. The fourth-order valence-corrected chi connectivity index (χ4v) is 4.52. The first-order chi connectivity index (χ1) is 12.2. The van der Waals surface area contributed by atoms with Gasteiger partial charge in [-0.15, -0.1) is 0 Å². The van der Waals surface area contributed by atoms with Gasteiger partial charge >= 0.3 is 11.8 Å². The molecule has 1 aliphatic heterocycles. The Morgan fingerprint density at radius 1 is 1.31 bits per heavy atom. The minimum Gasteiger partial charge on any atom is -0.383 e. The molecule has 2 rings (SSSR count). The van der Waals surface area contributed by atoms with Crippen molar-refractivity contribution in [1.29, 1.82) is 0 Å². The summed E-state index contributed by atoms with van der Waals surface area (Å²) >= 11 is 0. The highest BCUT2D eigenvalue weighted by molar-refractivity contribution is 7.91. The molecule has 2 amide bonds. The maximum atomic E-state index is 12.6. The maximum Gasteiger partial charge on any atom is 0.313 e. The van der Waals surface area contributed by atoms with Crippen molar-refractivity contribution in [3.8, 4) is 0 Å². The normalized spacial score (nSPS) is 18.3. The number of ketones is 1. The molecule has 1 N–H and O–H groups in total. The van der Waals surface area contributed by atoms with Crippen LogP contribution in [-0.4, -0.2) is 68.7 Å². The molecule has 26 heavy (non-hydrogen) atoms. The minimum absolute atomic E-state index is 0.00327. The molecular formula is C17H22N2O6S. The van der Waals surface area contributed by atoms with Gasteiger partial charge in [-0.2, -0.15) is 0 Å². The summed E-state index contributed by atoms with van der Waals surface area (Å²) in [5, 5.41) is 2.47. The second-order valence-electron chi connectivity index (χ2n) is 6.14. The highest BCUT2D eigenvalue weighted by Crippen LogP contribution is 2.19. The van der Waals surface area contributed by atoms with Crippen LogP contribution in [0.3, 0.4) is 0 Å². The van der Waals surface area contributed by atoms with Crippen LogP contribution in [0, 0.1) is 0 Å². The SMILES string of the molecule is COCCN(C(=O)C(=O)Nc1cccc(C(C)=O)c1)C1CCS(=O)(=O)C1. The Kier molecular flexibility index (Phi) is 6.49. The molecule has 9 heteroatoms. The van der Waals surface area contributed by atoms with Crippen LogP contribution >= 0.6 is 0 Å². The number of hydrogen-bond donors (Lipinski definition) is 1. The van der Waals surface area contributed by atoms with E-state index in [0.717, 1.165) is 0 Å². The van der Waals surface area contributed by atoms with Gasteiger partial charge in [0.1, 0.15) is 0 Å². The van der Waals surface area contributed by atoms with Crippen LogP contribution < -0.4 is 5.32 Å². The fourth-order valence-electron chi connectivity index (χ4n) is 2.79. The number of ether oxygens (including phenoxy) is 1. The van der Waals surface area contributed by atoms with Gasteiger partial charge in [0.25, 0.3) is 0 Å². The number of Topliss-reactive ketones (excluding diaryl/α,β-unsaturated/α-hetero) is 1. The van der Waals surface area contributed by atoms with Crippen molar-refractivity contribution in [2.75, 3.05) is 37.1 Å². The van der Waals surface area contributed by atoms with Crippen molar-refractivity contribution >= 4 is 33.1 Å². The Hall–Kier alpha value is -2.26. The third kappa shape index (κ3) is 5.12. The lowest BCUT2D eigenvalue weighted by Crippen LogP contribution is -2.47. The molecule has 0 aliphatic carbocycles. The summed E-state index contributed by atoms with van der Waals surface area (Å²) in [4.78, 5) is 37.6. The van der Waals surface area contributed by atoms with E-state index < -0.39 is 27.7 Å². The van der Waals surface area contributed by atoms with Crippen molar-refractivity contribution in [3.05, 3.63) is 29.8 Å². The molecule has 0 saturated carbocycles. The second kappa shape index (κ2) is 8.41. The lowest BCUT2D eigenvalue weighted by molar-refractivity contribution is -0.144. The van der Waals surface area contributed by atoms with Crippen LogP contribution in [0.15, 0.2) is 24.3 Å². The van der Waals surface area contributed by atoms with Gasteiger partial charge in [-0.25, -0.2) is 8.42 Å².